The van der Waals surface area contributed by atoms with Crippen LogP contribution in [0.5, 0.6) is 5.75 Å². The van der Waals surface area contributed by atoms with Gasteiger partial charge in [0.25, 0.3) is 5.91 Å². The quantitative estimate of drug-likeness (QED) is 0.282. The fourth-order valence-corrected chi connectivity index (χ4v) is 5.05. The lowest BCUT2D eigenvalue weighted by molar-refractivity contribution is -0.114. The van der Waals surface area contributed by atoms with E-state index in [4.69, 9.17) is 27.9 Å². The van der Waals surface area contributed by atoms with Gasteiger partial charge >= 0.3 is 0 Å². The van der Waals surface area contributed by atoms with Crippen LogP contribution in [0.25, 0.3) is 6.08 Å². The van der Waals surface area contributed by atoms with Crippen molar-refractivity contribution in [3.63, 3.8) is 0 Å². The zero-order valence-corrected chi connectivity index (χ0v) is 21.5. The van der Waals surface area contributed by atoms with Crippen LogP contribution >= 0.6 is 55.1 Å². The van der Waals surface area contributed by atoms with Gasteiger partial charge in [-0.15, -0.1) is 0 Å². The highest BCUT2D eigenvalue weighted by Gasteiger charge is 2.29. The minimum atomic E-state index is -0.198. The Kier molecular flexibility index (Phi) is 7.05. The number of nitrogens with zero attached hydrogens (tertiary/aromatic N) is 2. The molecule has 0 saturated carbocycles. The number of hydrogen-bond acceptors (Lipinski definition) is 3. The van der Waals surface area contributed by atoms with Crippen LogP contribution in [0.3, 0.4) is 0 Å². The van der Waals surface area contributed by atoms with E-state index in [0.717, 1.165) is 20.1 Å². The monoisotopic (exact) mass is 592 g/mol. The Bertz CT molecular complexity index is 1260. The summed E-state index contributed by atoms with van der Waals surface area (Å²) in [5.74, 6) is 0.391. The number of hydrogen-bond donors (Lipinski definition) is 0. The highest BCUT2D eigenvalue weighted by atomic mass is 79.9. The van der Waals surface area contributed by atoms with E-state index in [-0.39, 0.29) is 12.5 Å². The number of carbonyl (C=O) groups excluding carboxylic acids is 1. The minimum absolute atomic E-state index is 0.198. The Morgan fingerprint density at radius 1 is 1.06 bits per heavy atom. The summed E-state index contributed by atoms with van der Waals surface area (Å²) in [4.78, 5) is 13.1. The van der Waals surface area contributed by atoms with E-state index < -0.39 is 0 Å². The maximum atomic E-state index is 13.1. The number of carbonyl (C=O) groups is 1. The third kappa shape index (κ3) is 4.94. The van der Waals surface area contributed by atoms with Gasteiger partial charge in [-0.3, -0.25) is 4.79 Å². The van der Waals surface area contributed by atoms with Crippen molar-refractivity contribution >= 4 is 78.4 Å². The van der Waals surface area contributed by atoms with Crippen molar-refractivity contribution < 1.29 is 9.53 Å². The van der Waals surface area contributed by atoms with E-state index in [9.17, 15) is 4.79 Å². The molecule has 8 heteroatoms. The van der Waals surface area contributed by atoms with E-state index in [1.807, 2.05) is 55.5 Å². The van der Waals surface area contributed by atoms with Gasteiger partial charge in [0.1, 0.15) is 12.4 Å². The normalized spacial score (nSPS) is 14.8. The summed E-state index contributed by atoms with van der Waals surface area (Å²) in [5, 5.41) is 6.94. The standard InChI is InChI=1S/C24H16Br2Cl2N2O2/c1-14-20(24(31)30(29-14)19-5-3-2-4-6-19)10-16-9-17(25)11-21(26)23(16)32-13-15-7-8-18(27)12-22(15)28/h2-12H,13H2,1H3/b20-10+. The number of para-hydroxylation sites is 1. The molecule has 0 aliphatic carbocycles. The third-order valence-corrected chi connectivity index (χ3v) is 6.42. The lowest BCUT2D eigenvalue weighted by Gasteiger charge is -2.14. The summed E-state index contributed by atoms with van der Waals surface area (Å²) >= 11 is 19.4. The molecular formula is C24H16Br2Cl2N2O2. The third-order valence-electron chi connectivity index (χ3n) is 4.79. The first-order valence-electron chi connectivity index (χ1n) is 9.56. The topological polar surface area (TPSA) is 41.9 Å². The van der Waals surface area contributed by atoms with Crippen LogP contribution in [0.2, 0.25) is 10.0 Å². The van der Waals surface area contributed by atoms with Crippen molar-refractivity contribution in [1.29, 1.82) is 0 Å². The van der Waals surface area contributed by atoms with Crippen LogP contribution in [0.15, 0.2) is 80.3 Å². The fourth-order valence-electron chi connectivity index (χ4n) is 3.21. The smallest absolute Gasteiger partial charge is 0.280 e. The molecule has 4 nitrogen and oxygen atoms in total. The van der Waals surface area contributed by atoms with Crippen LogP contribution in [-0.4, -0.2) is 11.6 Å². The summed E-state index contributed by atoms with van der Waals surface area (Å²) in [7, 11) is 0. The van der Waals surface area contributed by atoms with E-state index in [0.29, 0.717) is 32.8 Å². The van der Waals surface area contributed by atoms with Gasteiger partial charge in [-0.1, -0.05) is 63.4 Å². The Balaban J connectivity index is 1.67. The van der Waals surface area contributed by atoms with Gasteiger partial charge in [-0.2, -0.15) is 10.1 Å². The number of amides is 1. The van der Waals surface area contributed by atoms with Gasteiger partial charge in [0.15, 0.2) is 0 Å². The second-order valence-electron chi connectivity index (χ2n) is 7.03. The SMILES string of the molecule is CC1=NN(c2ccccc2)C(=O)/C1=C/c1cc(Br)cc(Br)c1OCc1ccc(Cl)cc1Cl. The average molecular weight is 595 g/mol. The van der Waals surface area contributed by atoms with E-state index >= 15 is 0 Å². The summed E-state index contributed by atoms with van der Waals surface area (Å²) in [5.41, 5.74) is 3.36. The molecule has 3 aromatic rings. The molecule has 3 aromatic carbocycles. The Morgan fingerprint density at radius 3 is 2.53 bits per heavy atom. The second kappa shape index (κ2) is 9.79. The Hall–Kier alpha value is -2.12. The Morgan fingerprint density at radius 2 is 1.81 bits per heavy atom. The van der Waals surface area contributed by atoms with Crippen molar-refractivity contribution in [2.24, 2.45) is 5.10 Å². The van der Waals surface area contributed by atoms with E-state index in [1.54, 1.807) is 18.2 Å². The largest absolute Gasteiger partial charge is 0.487 e. The lowest BCUT2D eigenvalue weighted by atomic mass is 10.1. The number of benzene rings is 3. The van der Waals surface area contributed by atoms with Gasteiger partial charge in [0, 0.05) is 25.6 Å². The van der Waals surface area contributed by atoms with Crippen LogP contribution in [0, 0.1) is 0 Å². The molecule has 0 fully saturated rings. The number of anilines is 1. The molecule has 4 rings (SSSR count). The van der Waals surface area contributed by atoms with Gasteiger partial charge in [0.2, 0.25) is 0 Å². The molecule has 0 bridgehead atoms. The highest BCUT2D eigenvalue weighted by molar-refractivity contribution is 9.11. The molecule has 1 aliphatic heterocycles. The molecule has 0 saturated heterocycles. The van der Waals surface area contributed by atoms with Gasteiger partial charge in [0.05, 0.1) is 21.4 Å². The summed E-state index contributed by atoms with van der Waals surface area (Å²) in [6, 6.07) is 18.4. The lowest BCUT2D eigenvalue weighted by Crippen LogP contribution is -2.21. The minimum Gasteiger partial charge on any atom is -0.487 e. The van der Waals surface area contributed by atoms with E-state index in [2.05, 4.69) is 37.0 Å². The second-order valence-corrected chi connectivity index (χ2v) is 9.64. The molecule has 32 heavy (non-hydrogen) atoms. The molecule has 1 amide bonds. The Labute approximate surface area is 212 Å². The zero-order chi connectivity index (χ0) is 22.8. The molecule has 0 unspecified atom stereocenters. The number of hydrazone groups is 1. The predicted octanol–water partition coefficient (Wildman–Crippen LogP) is 7.90. The first kappa shape index (κ1) is 23.1. The van der Waals surface area contributed by atoms with Crippen molar-refractivity contribution in [2.45, 2.75) is 13.5 Å². The number of rotatable bonds is 5. The van der Waals surface area contributed by atoms with Gasteiger partial charge < -0.3 is 4.74 Å². The van der Waals surface area contributed by atoms with Crippen molar-refractivity contribution in [2.75, 3.05) is 5.01 Å². The summed E-state index contributed by atoms with van der Waals surface area (Å²) in [6.07, 6.45) is 1.79. The highest BCUT2D eigenvalue weighted by Crippen LogP contribution is 2.36. The molecule has 1 heterocycles. The predicted molar refractivity (Wildman–Crippen MR) is 138 cm³/mol. The van der Waals surface area contributed by atoms with Crippen molar-refractivity contribution in [3.8, 4) is 5.75 Å². The van der Waals surface area contributed by atoms with Crippen LogP contribution in [0.4, 0.5) is 5.69 Å². The van der Waals surface area contributed by atoms with E-state index in [1.165, 1.54) is 5.01 Å². The molecular weight excluding hydrogens is 579 g/mol. The summed E-state index contributed by atoms with van der Waals surface area (Å²) in [6.45, 7) is 2.05. The first-order valence-corrected chi connectivity index (χ1v) is 11.9. The average Bonchev–Trinajstić information content (AvgIpc) is 3.03. The van der Waals surface area contributed by atoms with Crippen LogP contribution in [0.1, 0.15) is 18.1 Å². The number of ether oxygens (including phenoxy) is 1. The molecule has 0 spiro atoms. The molecule has 0 N–H and O–H groups in total. The maximum Gasteiger partial charge on any atom is 0.280 e. The first-order chi connectivity index (χ1) is 15.3. The van der Waals surface area contributed by atoms with Crippen LogP contribution in [-0.2, 0) is 11.4 Å². The molecule has 1 aliphatic rings. The van der Waals surface area contributed by atoms with Gasteiger partial charge in [-0.05, 0) is 65.3 Å². The van der Waals surface area contributed by atoms with Gasteiger partial charge in [-0.25, -0.2) is 0 Å². The van der Waals surface area contributed by atoms with Crippen molar-refractivity contribution in [3.05, 3.63) is 96.4 Å². The number of halogens is 4. The molecule has 162 valence electrons. The molecule has 0 radical (unpaired) electrons. The van der Waals surface area contributed by atoms with Crippen molar-refractivity contribution in [1.82, 2.24) is 0 Å². The molecule has 0 aromatic heterocycles. The zero-order valence-electron chi connectivity index (χ0n) is 16.8. The maximum absolute atomic E-state index is 13.1. The fraction of sp³-hybridized carbons (Fsp3) is 0.0833. The van der Waals surface area contributed by atoms with Crippen LogP contribution < -0.4 is 9.75 Å². The summed E-state index contributed by atoms with van der Waals surface area (Å²) < 4.78 is 7.70. The molecule has 0 atom stereocenters.